The lowest BCUT2D eigenvalue weighted by molar-refractivity contribution is -0.149. The molecule has 11 heteroatoms. The molecule has 8 nitrogen and oxygen atoms in total. The summed E-state index contributed by atoms with van der Waals surface area (Å²) >= 11 is 11.9. The van der Waals surface area contributed by atoms with Gasteiger partial charge in [-0.3, -0.25) is 4.79 Å². The number of halogens is 2. The van der Waals surface area contributed by atoms with Crippen molar-refractivity contribution in [1.29, 1.82) is 0 Å². The van der Waals surface area contributed by atoms with Gasteiger partial charge in [-0.15, -0.1) is 0 Å². The Kier molecular flexibility index (Phi) is 7.86. The number of carbonyl (C=O) groups is 2. The number of sulfonamides is 1. The molecular formula is C18H18Cl2N2O6S. The molecule has 0 unspecified atom stereocenters. The van der Waals surface area contributed by atoms with Crippen molar-refractivity contribution < 1.29 is 27.5 Å². The van der Waals surface area contributed by atoms with Gasteiger partial charge in [0.05, 0.1) is 10.0 Å². The third kappa shape index (κ3) is 6.33. The monoisotopic (exact) mass is 460 g/mol. The second kappa shape index (κ2) is 9.93. The van der Waals surface area contributed by atoms with Gasteiger partial charge < -0.3 is 14.8 Å². The van der Waals surface area contributed by atoms with Crippen molar-refractivity contribution in [2.75, 3.05) is 32.6 Å². The first-order chi connectivity index (χ1) is 13.6. The fraction of sp³-hybridized carbons (Fsp3) is 0.222. The number of carbonyl (C=O) groups excluding carboxylic acids is 2. The van der Waals surface area contributed by atoms with Gasteiger partial charge in [0.25, 0.3) is 5.91 Å². The predicted molar refractivity (Wildman–Crippen MR) is 109 cm³/mol. The van der Waals surface area contributed by atoms with Crippen molar-refractivity contribution in [3.8, 4) is 5.75 Å². The molecule has 0 aromatic heterocycles. The molecule has 1 N–H and O–H groups in total. The Morgan fingerprint density at radius 2 is 1.72 bits per heavy atom. The first-order valence-corrected chi connectivity index (χ1v) is 10.4. The summed E-state index contributed by atoms with van der Waals surface area (Å²) in [6.45, 7) is -1.01. The van der Waals surface area contributed by atoms with Gasteiger partial charge in [-0.1, -0.05) is 35.3 Å². The predicted octanol–water partition coefficient (Wildman–Crippen LogP) is 2.80. The molecule has 29 heavy (non-hydrogen) atoms. The molecule has 0 fully saturated rings. The standard InChI is InChI=1S/C18H18Cl2N2O6S/c1-22(2)29(25,26)16-9-12(7-8-14(16)20)21-17(23)10-28-18(24)11-27-15-6-4-3-5-13(15)19/h3-9H,10-11H2,1-2H3,(H,21,23). The highest BCUT2D eigenvalue weighted by Crippen LogP contribution is 2.27. The summed E-state index contributed by atoms with van der Waals surface area (Å²) in [5.41, 5.74) is 0.184. The third-order valence-electron chi connectivity index (χ3n) is 3.52. The van der Waals surface area contributed by atoms with Crippen LogP contribution in [0.2, 0.25) is 10.0 Å². The molecule has 0 saturated heterocycles. The van der Waals surface area contributed by atoms with Gasteiger partial charge in [-0.05, 0) is 30.3 Å². The topological polar surface area (TPSA) is 102 Å². The lowest BCUT2D eigenvalue weighted by Crippen LogP contribution is -2.24. The van der Waals surface area contributed by atoms with E-state index in [1.54, 1.807) is 24.3 Å². The molecular weight excluding hydrogens is 443 g/mol. The van der Waals surface area contributed by atoms with Crippen LogP contribution in [-0.4, -0.2) is 51.9 Å². The summed E-state index contributed by atoms with van der Waals surface area (Å²) in [5, 5.41) is 2.79. The van der Waals surface area contributed by atoms with Gasteiger partial charge in [-0.25, -0.2) is 17.5 Å². The van der Waals surface area contributed by atoms with E-state index in [1.165, 1.54) is 32.3 Å². The van der Waals surface area contributed by atoms with E-state index in [1.807, 2.05) is 0 Å². The Morgan fingerprint density at radius 1 is 1.03 bits per heavy atom. The van der Waals surface area contributed by atoms with Crippen LogP contribution in [0.1, 0.15) is 0 Å². The van der Waals surface area contributed by atoms with E-state index in [2.05, 4.69) is 5.32 Å². The third-order valence-corrected chi connectivity index (χ3v) is 6.13. The Bertz CT molecular complexity index is 1010. The molecule has 0 radical (unpaired) electrons. The van der Waals surface area contributed by atoms with Crippen molar-refractivity contribution in [1.82, 2.24) is 4.31 Å². The quantitative estimate of drug-likeness (QED) is 0.607. The number of ether oxygens (including phenoxy) is 2. The lowest BCUT2D eigenvalue weighted by atomic mass is 10.3. The normalized spacial score (nSPS) is 11.2. The molecule has 1 amide bonds. The number of nitrogens with zero attached hydrogens (tertiary/aromatic N) is 1. The number of esters is 1. The van der Waals surface area contributed by atoms with E-state index < -0.39 is 35.1 Å². The first-order valence-electron chi connectivity index (χ1n) is 8.16. The van der Waals surface area contributed by atoms with Crippen LogP contribution >= 0.6 is 23.2 Å². The molecule has 156 valence electrons. The number of hydrogen-bond acceptors (Lipinski definition) is 6. The van der Waals surface area contributed by atoms with Gasteiger partial charge in [0.15, 0.2) is 13.2 Å². The molecule has 0 heterocycles. The zero-order chi connectivity index (χ0) is 21.6. The zero-order valence-electron chi connectivity index (χ0n) is 15.5. The summed E-state index contributed by atoms with van der Waals surface area (Å²) < 4.78 is 35.5. The number of benzene rings is 2. The van der Waals surface area contributed by atoms with Crippen LogP contribution in [0.5, 0.6) is 5.75 Å². The fourth-order valence-electron chi connectivity index (χ4n) is 2.06. The minimum atomic E-state index is -3.79. The summed E-state index contributed by atoms with van der Waals surface area (Å²) in [4.78, 5) is 23.5. The van der Waals surface area contributed by atoms with E-state index >= 15 is 0 Å². The van der Waals surface area contributed by atoms with E-state index in [4.69, 9.17) is 32.7 Å². The molecule has 0 aliphatic heterocycles. The highest BCUT2D eigenvalue weighted by atomic mass is 35.5. The van der Waals surface area contributed by atoms with Crippen LogP contribution < -0.4 is 10.1 Å². The lowest BCUT2D eigenvalue weighted by Gasteiger charge is -2.14. The van der Waals surface area contributed by atoms with Crippen molar-refractivity contribution in [2.45, 2.75) is 4.90 Å². The van der Waals surface area contributed by atoms with Crippen LogP contribution in [0.4, 0.5) is 5.69 Å². The highest BCUT2D eigenvalue weighted by Gasteiger charge is 2.21. The molecule has 2 aromatic rings. The molecule has 0 spiro atoms. The van der Waals surface area contributed by atoms with E-state index in [9.17, 15) is 18.0 Å². The van der Waals surface area contributed by atoms with E-state index in [0.717, 1.165) is 4.31 Å². The minimum Gasteiger partial charge on any atom is -0.480 e. The van der Waals surface area contributed by atoms with Gasteiger partial charge >= 0.3 is 5.97 Å². The van der Waals surface area contributed by atoms with Gasteiger partial charge in [0.2, 0.25) is 10.0 Å². The zero-order valence-corrected chi connectivity index (χ0v) is 17.8. The van der Waals surface area contributed by atoms with Crippen molar-refractivity contribution in [2.24, 2.45) is 0 Å². The van der Waals surface area contributed by atoms with Crippen LogP contribution in [0.25, 0.3) is 0 Å². The molecule has 2 rings (SSSR count). The average Bonchev–Trinajstić information content (AvgIpc) is 2.67. The van der Waals surface area contributed by atoms with E-state index in [0.29, 0.717) is 10.8 Å². The largest absolute Gasteiger partial charge is 0.480 e. The Labute approximate surface area is 178 Å². The number of nitrogens with one attached hydrogen (secondary N) is 1. The fourth-order valence-corrected chi connectivity index (χ4v) is 3.64. The molecule has 2 aromatic carbocycles. The minimum absolute atomic E-state index is 0.0137. The van der Waals surface area contributed by atoms with Crippen LogP contribution in [0.15, 0.2) is 47.4 Å². The van der Waals surface area contributed by atoms with Crippen molar-refractivity contribution in [3.63, 3.8) is 0 Å². The maximum Gasteiger partial charge on any atom is 0.344 e. The Balaban J connectivity index is 1.91. The molecule has 0 atom stereocenters. The van der Waals surface area contributed by atoms with Crippen molar-refractivity contribution in [3.05, 3.63) is 52.5 Å². The van der Waals surface area contributed by atoms with Crippen LogP contribution in [-0.2, 0) is 24.3 Å². The number of amides is 1. The van der Waals surface area contributed by atoms with Crippen LogP contribution in [0.3, 0.4) is 0 Å². The summed E-state index contributed by atoms with van der Waals surface area (Å²) in [5.74, 6) is -1.12. The van der Waals surface area contributed by atoms with Gasteiger partial charge in [-0.2, -0.15) is 0 Å². The van der Waals surface area contributed by atoms with Crippen LogP contribution in [0, 0.1) is 0 Å². The van der Waals surface area contributed by atoms with E-state index in [-0.39, 0.29) is 15.6 Å². The second-order valence-electron chi connectivity index (χ2n) is 5.86. The van der Waals surface area contributed by atoms with Gasteiger partial charge in [0.1, 0.15) is 10.6 Å². The van der Waals surface area contributed by atoms with Gasteiger partial charge in [0, 0.05) is 19.8 Å². The maximum absolute atomic E-state index is 12.3. The number of anilines is 1. The molecule has 0 aliphatic rings. The highest BCUT2D eigenvalue weighted by molar-refractivity contribution is 7.89. The Morgan fingerprint density at radius 3 is 2.38 bits per heavy atom. The molecule has 0 bridgehead atoms. The SMILES string of the molecule is CN(C)S(=O)(=O)c1cc(NC(=O)COC(=O)COc2ccccc2Cl)ccc1Cl. The first kappa shape index (κ1) is 23.0. The second-order valence-corrected chi connectivity index (χ2v) is 8.80. The molecule has 0 aliphatic carbocycles. The number of para-hydroxylation sites is 1. The summed E-state index contributed by atoms with van der Waals surface area (Å²) in [6.07, 6.45) is 0. The summed E-state index contributed by atoms with van der Waals surface area (Å²) in [7, 11) is -1.07. The Hall–Kier alpha value is -2.33. The number of rotatable bonds is 8. The smallest absolute Gasteiger partial charge is 0.344 e. The number of hydrogen-bond donors (Lipinski definition) is 1. The maximum atomic E-state index is 12.3. The molecule has 0 saturated carbocycles. The average molecular weight is 461 g/mol. The summed E-state index contributed by atoms with van der Waals surface area (Å²) in [6, 6.07) is 10.6. The van der Waals surface area contributed by atoms with Crippen molar-refractivity contribution >= 4 is 50.8 Å².